The van der Waals surface area contributed by atoms with Crippen molar-refractivity contribution in [1.82, 2.24) is 9.97 Å². The number of nitrogens with zero attached hydrogens (tertiary/aromatic N) is 2. The Labute approximate surface area is 108 Å². The zero-order valence-corrected chi connectivity index (χ0v) is 11.9. The van der Waals surface area contributed by atoms with Crippen LogP contribution in [0.2, 0.25) is 0 Å². The first-order chi connectivity index (χ1) is 8.15. The fourth-order valence-electron chi connectivity index (χ4n) is 1.45. The normalized spacial score (nSPS) is 12.2. The van der Waals surface area contributed by atoms with Gasteiger partial charge in [0.2, 0.25) is 0 Å². The van der Waals surface area contributed by atoms with Crippen LogP contribution in [-0.2, 0) is 0 Å². The molecule has 0 saturated carbocycles. The molecule has 4 nitrogen and oxygen atoms in total. The summed E-state index contributed by atoms with van der Waals surface area (Å²) >= 11 is 1.89. The molecule has 0 aliphatic rings. The summed E-state index contributed by atoms with van der Waals surface area (Å²) in [6.07, 6.45) is 3.28. The van der Waals surface area contributed by atoms with E-state index >= 15 is 0 Å². The molecule has 17 heavy (non-hydrogen) atoms. The minimum atomic E-state index is 0.679. The Balaban J connectivity index is 2.52. The van der Waals surface area contributed by atoms with Gasteiger partial charge >= 0.3 is 0 Å². The molecule has 1 atom stereocenters. The lowest BCUT2D eigenvalue weighted by Crippen LogP contribution is -2.10. The SMILES string of the molecule is CCNc1cc(NCCC(C)SC)nc(C)n1. The van der Waals surface area contributed by atoms with Crippen LogP contribution in [0.1, 0.15) is 26.1 Å². The Hall–Kier alpha value is -0.970. The third kappa shape index (κ3) is 5.26. The van der Waals surface area contributed by atoms with E-state index in [4.69, 9.17) is 0 Å². The molecule has 0 radical (unpaired) electrons. The molecular formula is C12H22N4S. The van der Waals surface area contributed by atoms with Gasteiger partial charge in [-0.3, -0.25) is 0 Å². The maximum absolute atomic E-state index is 4.37. The van der Waals surface area contributed by atoms with Crippen molar-refractivity contribution in [1.29, 1.82) is 0 Å². The fraction of sp³-hybridized carbons (Fsp3) is 0.667. The van der Waals surface area contributed by atoms with Crippen molar-refractivity contribution >= 4 is 23.4 Å². The quantitative estimate of drug-likeness (QED) is 0.783. The minimum Gasteiger partial charge on any atom is -0.370 e. The van der Waals surface area contributed by atoms with E-state index in [1.54, 1.807) is 0 Å². The van der Waals surface area contributed by atoms with Crippen LogP contribution in [0.25, 0.3) is 0 Å². The van der Waals surface area contributed by atoms with Crippen molar-refractivity contribution in [3.63, 3.8) is 0 Å². The van der Waals surface area contributed by atoms with Crippen molar-refractivity contribution < 1.29 is 0 Å². The summed E-state index contributed by atoms with van der Waals surface area (Å²) in [5.41, 5.74) is 0. The second kappa shape index (κ2) is 7.37. The number of aromatic nitrogens is 2. The molecule has 1 aromatic heterocycles. The van der Waals surface area contributed by atoms with E-state index in [1.807, 2.05) is 24.8 Å². The predicted molar refractivity (Wildman–Crippen MR) is 77.0 cm³/mol. The van der Waals surface area contributed by atoms with Crippen LogP contribution in [0.3, 0.4) is 0 Å². The van der Waals surface area contributed by atoms with Crippen LogP contribution >= 0.6 is 11.8 Å². The van der Waals surface area contributed by atoms with Crippen LogP contribution < -0.4 is 10.6 Å². The molecule has 0 aromatic carbocycles. The van der Waals surface area contributed by atoms with Gasteiger partial charge in [-0.2, -0.15) is 11.8 Å². The van der Waals surface area contributed by atoms with Crippen LogP contribution in [0.15, 0.2) is 6.07 Å². The molecule has 1 unspecified atom stereocenters. The number of rotatable bonds is 7. The van der Waals surface area contributed by atoms with Crippen molar-refractivity contribution in [2.45, 2.75) is 32.4 Å². The first-order valence-electron chi connectivity index (χ1n) is 6.02. The van der Waals surface area contributed by atoms with Gasteiger partial charge in [0.25, 0.3) is 0 Å². The number of hydrogen-bond donors (Lipinski definition) is 2. The Morgan fingerprint density at radius 2 is 1.94 bits per heavy atom. The molecule has 0 aliphatic heterocycles. The number of nitrogens with one attached hydrogen (secondary N) is 2. The van der Waals surface area contributed by atoms with Gasteiger partial charge in [0.05, 0.1) is 0 Å². The predicted octanol–water partition coefficient (Wildman–Crippen LogP) is 2.77. The molecule has 1 heterocycles. The summed E-state index contributed by atoms with van der Waals surface area (Å²) in [5, 5.41) is 7.23. The second-order valence-corrected chi connectivity index (χ2v) is 5.25. The topological polar surface area (TPSA) is 49.8 Å². The average Bonchev–Trinajstić information content (AvgIpc) is 2.28. The maximum atomic E-state index is 4.37. The molecule has 0 amide bonds. The fourth-order valence-corrected chi connectivity index (χ4v) is 1.80. The average molecular weight is 254 g/mol. The molecule has 0 bridgehead atoms. The highest BCUT2D eigenvalue weighted by Gasteiger charge is 2.02. The van der Waals surface area contributed by atoms with E-state index in [1.165, 1.54) is 0 Å². The van der Waals surface area contributed by atoms with Crippen LogP contribution in [0.4, 0.5) is 11.6 Å². The maximum Gasteiger partial charge on any atom is 0.131 e. The molecule has 0 aliphatic carbocycles. The van der Waals surface area contributed by atoms with Gasteiger partial charge in [0.1, 0.15) is 17.5 Å². The molecule has 2 N–H and O–H groups in total. The standard InChI is InChI=1S/C12H22N4S/c1-5-13-11-8-12(16-10(3)15-11)14-7-6-9(2)17-4/h8-9H,5-7H2,1-4H3,(H2,13,14,15,16). The second-order valence-electron chi connectivity index (χ2n) is 3.98. The minimum absolute atomic E-state index is 0.679. The third-order valence-electron chi connectivity index (χ3n) is 2.46. The lowest BCUT2D eigenvalue weighted by atomic mass is 10.3. The number of hydrogen-bond acceptors (Lipinski definition) is 5. The van der Waals surface area contributed by atoms with Crippen molar-refractivity contribution in [2.75, 3.05) is 30.0 Å². The van der Waals surface area contributed by atoms with Gasteiger partial charge in [-0.1, -0.05) is 6.92 Å². The zero-order valence-electron chi connectivity index (χ0n) is 11.1. The van der Waals surface area contributed by atoms with Gasteiger partial charge in [-0.15, -0.1) is 0 Å². The summed E-state index contributed by atoms with van der Waals surface area (Å²) in [7, 11) is 0. The van der Waals surface area contributed by atoms with Crippen LogP contribution in [0, 0.1) is 6.92 Å². The number of aryl methyl sites for hydroxylation is 1. The largest absolute Gasteiger partial charge is 0.370 e. The van der Waals surface area contributed by atoms with E-state index in [0.29, 0.717) is 5.25 Å². The van der Waals surface area contributed by atoms with E-state index < -0.39 is 0 Å². The van der Waals surface area contributed by atoms with Crippen molar-refractivity contribution in [2.24, 2.45) is 0 Å². The summed E-state index contributed by atoms with van der Waals surface area (Å²) < 4.78 is 0. The lowest BCUT2D eigenvalue weighted by Gasteiger charge is -2.11. The van der Waals surface area contributed by atoms with E-state index in [9.17, 15) is 0 Å². The Morgan fingerprint density at radius 3 is 2.53 bits per heavy atom. The molecule has 0 fully saturated rings. The van der Waals surface area contributed by atoms with Gasteiger partial charge in [0, 0.05) is 24.4 Å². The monoisotopic (exact) mass is 254 g/mol. The first kappa shape index (κ1) is 14.1. The van der Waals surface area contributed by atoms with Crippen LogP contribution in [-0.4, -0.2) is 34.6 Å². The highest BCUT2D eigenvalue weighted by atomic mass is 32.2. The van der Waals surface area contributed by atoms with Gasteiger partial charge in [-0.05, 0) is 26.5 Å². The molecular weight excluding hydrogens is 232 g/mol. The highest BCUT2D eigenvalue weighted by Crippen LogP contribution is 2.13. The molecule has 1 rings (SSSR count). The summed E-state index contributed by atoms with van der Waals surface area (Å²) in [5.74, 6) is 2.59. The zero-order chi connectivity index (χ0) is 12.7. The molecule has 0 saturated heterocycles. The van der Waals surface area contributed by atoms with E-state index in [-0.39, 0.29) is 0 Å². The Kier molecular flexibility index (Phi) is 6.11. The molecule has 1 aromatic rings. The smallest absolute Gasteiger partial charge is 0.131 e. The number of thioether (sulfide) groups is 1. The summed E-state index contributed by atoms with van der Waals surface area (Å²) in [6, 6.07) is 1.96. The molecule has 96 valence electrons. The Bertz CT molecular complexity index is 343. The van der Waals surface area contributed by atoms with Crippen LogP contribution in [0.5, 0.6) is 0 Å². The highest BCUT2D eigenvalue weighted by molar-refractivity contribution is 7.99. The molecule has 5 heteroatoms. The van der Waals surface area contributed by atoms with Gasteiger partial charge in [0.15, 0.2) is 0 Å². The lowest BCUT2D eigenvalue weighted by molar-refractivity contribution is 0.847. The Morgan fingerprint density at radius 1 is 1.29 bits per heavy atom. The van der Waals surface area contributed by atoms with Gasteiger partial charge < -0.3 is 10.6 Å². The first-order valence-corrected chi connectivity index (χ1v) is 7.30. The molecule has 0 spiro atoms. The summed E-state index contributed by atoms with van der Waals surface area (Å²) in [4.78, 5) is 8.69. The van der Waals surface area contributed by atoms with Crippen molar-refractivity contribution in [3.8, 4) is 0 Å². The van der Waals surface area contributed by atoms with E-state index in [0.717, 1.165) is 37.0 Å². The van der Waals surface area contributed by atoms with Gasteiger partial charge in [-0.25, -0.2) is 9.97 Å². The third-order valence-corrected chi connectivity index (χ3v) is 3.50. The van der Waals surface area contributed by atoms with E-state index in [2.05, 4.69) is 40.7 Å². The van der Waals surface area contributed by atoms with Crippen molar-refractivity contribution in [3.05, 3.63) is 11.9 Å². The number of anilines is 2. The summed E-state index contributed by atoms with van der Waals surface area (Å²) in [6.45, 7) is 8.03.